The predicted molar refractivity (Wildman–Crippen MR) is 98.9 cm³/mol. The summed E-state index contributed by atoms with van der Waals surface area (Å²) in [7, 11) is 0. The number of aliphatic hydroxyl groups is 1. The van der Waals surface area contributed by atoms with Crippen LogP contribution >= 0.6 is 0 Å². The van der Waals surface area contributed by atoms with Crippen LogP contribution in [0.5, 0.6) is 0 Å². The molecule has 2 N–H and O–H groups in total. The molecule has 1 aliphatic rings. The minimum atomic E-state index is -1.35. The van der Waals surface area contributed by atoms with E-state index in [-0.39, 0.29) is 24.5 Å². The van der Waals surface area contributed by atoms with Crippen molar-refractivity contribution in [1.82, 2.24) is 10.2 Å². The summed E-state index contributed by atoms with van der Waals surface area (Å²) in [5, 5.41) is 14.1. The van der Waals surface area contributed by atoms with Crippen molar-refractivity contribution in [3.8, 4) is 0 Å². The number of likely N-dealkylation sites (tertiary alicyclic amines) is 1. The molecular formula is C21H23F3N2O2. The number of halogens is 3. The fourth-order valence-corrected chi connectivity index (χ4v) is 3.76. The normalized spacial score (nSPS) is 22.9. The molecule has 0 aromatic heterocycles. The van der Waals surface area contributed by atoms with Crippen LogP contribution in [0.3, 0.4) is 0 Å². The second-order valence-electron chi connectivity index (χ2n) is 7.20. The van der Waals surface area contributed by atoms with Crippen LogP contribution in [0.1, 0.15) is 24.0 Å². The van der Waals surface area contributed by atoms with E-state index >= 15 is 0 Å². The fraction of sp³-hybridized carbons (Fsp3) is 0.381. The van der Waals surface area contributed by atoms with E-state index in [1.165, 1.54) is 24.3 Å². The Kier molecular flexibility index (Phi) is 6.49. The largest absolute Gasteiger partial charge is 0.386 e. The zero-order valence-electron chi connectivity index (χ0n) is 15.4. The molecule has 0 amide bonds. The summed E-state index contributed by atoms with van der Waals surface area (Å²) in [6.45, 7) is 0.976. The van der Waals surface area contributed by atoms with Crippen LogP contribution in [0.2, 0.25) is 0 Å². The van der Waals surface area contributed by atoms with Crippen molar-refractivity contribution in [3.05, 3.63) is 71.0 Å². The summed E-state index contributed by atoms with van der Waals surface area (Å²) in [6.07, 6.45) is 1.66. The third-order valence-electron chi connectivity index (χ3n) is 5.18. The Balaban J connectivity index is 1.68. The molecule has 1 saturated heterocycles. The van der Waals surface area contributed by atoms with E-state index in [2.05, 4.69) is 5.32 Å². The highest BCUT2D eigenvalue weighted by Gasteiger charge is 2.43. The van der Waals surface area contributed by atoms with Crippen LogP contribution in [-0.2, 0) is 17.9 Å². The van der Waals surface area contributed by atoms with Crippen molar-refractivity contribution < 1.29 is 23.1 Å². The molecule has 4 nitrogen and oxygen atoms in total. The zero-order valence-corrected chi connectivity index (χ0v) is 15.4. The number of nitrogens with zero attached hydrogens (tertiary/aromatic N) is 1. The van der Waals surface area contributed by atoms with Gasteiger partial charge in [0.1, 0.15) is 12.1 Å². The van der Waals surface area contributed by atoms with Crippen LogP contribution in [0.4, 0.5) is 13.2 Å². The summed E-state index contributed by atoms with van der Waals surface area (Å²) >= 11 is 0. The van der Waals surface area contributed by atoms with Crippen molar-refractivity contribution >= 4 is 6.29 Å². The van der Waals surface area contributed by atoms with Crippen molar-refractivity contribution in [2.45, 2.75) is 37.6 Å². The molecule has 0 bridgehead atoms. The number of piperidine rings is 1. The number of hydrogen-bond donors (Lipinski definition) is 2. The molecule has 0 spiro atoms. The van der Waals surface area contributed by atoms with E-state index in [0.29, 0.717) is 32.2 Å². The molecular weight excluding hydrogens is 369 g/mol. The van der Waals surface area contributed by atoms with E-state index in [1.807, 2.05) is 0 Å². The first kappa shape index (κ1) is 20.5. The van der Waals surface area contributed by atoms with Crippen molar-refractivity contribution in [2.75, 3.05) is 13.1 Å². The van der Waals surface area contributed by atoms with Gasteiger partial charge in [-0.2, -0.15) is 0 Å². The molecule has 3 rings (SSSR count). The maximum Gasteiger partial charge on any atom is 0.163 e. The minimum absolute atomic E-state index is 0.0270. The molecule has 0 aliphatic carbocycles. The lowest BCUT2D eigenvalue weighted by Gasteiger charge is -2.44. The summed E-state index contributed by atoms with van der Waals surface area (Å²) in [4.78, 5) is 13.4. The van der Waals surface area contributed by atoms with Crippen LogP contribution in [0.15, 0.2) is 42.5 Å². The molecule has 150 valence electrons. The molecule has 0 radical (unpaired) electrons. The summed E-state index contributed by atoms with van der Waals surface area (Å²) < 4.78 is 40.8. The zero-order chi connectivity index (χ0) is 20.1. The van der Waals surface area contributed by atoms with Gasteiger partial charge < -0.3 is 15.2 Å². The van der Waals surface area contributed by atoms with E-state index in [1.54, 1.807) is 17.0 Å². The van der Waals surface area contributed by atoms with Gasteiger partial charge in [-0.25, -0.2) is 13.2 Å². The Morgan fingerprint density at radius 3 is 2.75 bits per heavy atom. The first-order valence-electron chi connectivity index (χ1n) is 9.23. The topological polar surface area (TPSA) is 52.6 Å². The first-order valence-corrected chi connectivity index (χ1v) is 9.23. The van der Waals surface area contributed by atoms with E-state index < -0.39 is 23.3 Å². The van der Waals surface area contributed by atoms with E-state index in [9.17, 15) is 23.1 Å². The third-order valence-corrected chi connectivity index (χ3v) is 5.18. The number of carbonyl (C=O) groups excluding carboxylic acids is 1. The van der Waals surface area contributed by atoms with Gasteiger partial charge in [-0.1, -0.05) is 24.3 Å². The smallest absolute Gasteiger partial charge is 0.163 e. The summed E-state index contributed by atoms with van der Waals surface area (Å²) in [5.74, 6) is -2.22. The number of carbonyl (C=O) groups is 1. The van der Waals surface area contributed by atoms with Gasteiger partial charge in [0.05, 0.1) is 11.6 Å². The number of aldehydes is 1. The molecule has 2 atom stereocenters. The number of nitrogens with one attached hydrogen (secondary N) is 1. The van der Waals surface area contributed by atoms with Gasteiger partial charge in [-0.05, 0) is 43.1 Å². The maximum absolute atomic E-state index is 14.0. The van der Waals surface area contributed by atoms with Gasteiger partial charge in [0.25, 0.3) is 0 Å². The molecule has 1 unspecified atom stereocenters. The SMILES string of the molecule is O=CC1N(Cc2cccc(F)c2F)CCC[C@@]1(O)CNCc1cccc(F)c1. The quantitative estimate of drug-likeness (QED) is 0.712. The average Bonchev–Trinajstić information content (AvgIpc) is 2.66. The minimum Gasteiger partial charge on any atom is -0.386 e. The Morgan fingerprint density at radius 1 is 1.21 bits per heavy atom. The Hall–Kier alpha value is -2.22. The van der Waals surface area contributed by atoms with E-state index in [4.69, 9.17) is 0 Å². The average molecular weight is 392 g/mol. The fourth-order valence-electron chi connectivity index (χ4n) is 3.76. The molecule has 1 heterocycles. The summed E-state index contributed by atoms with van der Waals surface area (Å²) in [6, 6.07) is 9.18. The van der Waals surface area contributed by atoms with Crippen molar-refractivity contribution in [3.63, 3.8) is 0 Å². The first-order chi connectivity index (χ1) is 13.4. The lowest BCUT2D eigenvalue weighted by molar-refractivity contribution is -0.130. The number of rotatable bonds is 7. The highest BCUT2D eigenvalue weighted by molar-refractivity contribution is 5.60. The molecule has 28 heavy (non-hydrogen) atoms. The maximum atomic E-state index is 14.0. The van der Waals surface area contributed by atoms with Crippen LogP contribution < -0.4 is 5.32 Å². The van der Waals surface area contributed by atoms with Gasteiger partial charge in [-0.3, -0.25) is 4.90 Å². The highest BCUT2D eigenvalue weighted by Crippen LogP contribution is 2.28. The number of benzene rings is 2. The lowest BCUT2D eigenvalue weighted by Crippen LogP contribution is -2.61. The number of hydrogen-bond acceptors (Lipinski definition) is 4. The Morgan fingerprint density at radius 2 is 2.00 bits per heavy atom. The van der Waals surface area contributed by atoms with E-state index in [0.717, 1.165) is 11.6 Å². The molecule has 2 aromatic carbocycles. The lowest BCUT2D eigenvalue weighted by atomic mass is 9.84. The molecule has 1 fully saturated rings. The predicted octanol–water partition coefficient (Wildman–Crippen LogP) is 2.79. The van der Waals surface area contributed by atoms with Gasteiger partial charge in [0, 0.05) is 25.2 Å². The third kappa shape index (κ3) is 4.60. The second-order valence-corrected chi connectivity index (χ2v) is 7.20. The molecule has 1 aliphatic heterocycles. The standard InChI is InChI=1S/C21H23F3N2O2/c22-17-6-1-4-15(10-17)11-25-14-21(28)8-3-9-26(19(21)13-27)12-16-5-2-7-18(23)20(16)24/h1-2,4-7,10,13,19,25,28H,3,8-9,11-12,14H2/t19?,21-/m1/s1. The Bertz CT molecular complexity index is 833. The monoisotopic (exact) mass is 392 g/mol. The molecule has 0 saturated carbocycles. The van der Waals surface area contributed by atoms with Crippen molar-refractivity contribution in [2.24, 2.45) is 0 Å². The Labute approximate surface area is 162 Å². The van der Waals surface area contributed by atoms with Crippen molar-refractivity contribution in [1.29, 1.82) is 0 Å². The van der Waals surface area contributed by atoms with Gasteiger partial charge in [-0.15, -0.1) is 0 Å². The molecule has 2 aromatic rings. The highest BCUT2D eigenvalue weighted by atomic mass is 19.2. The van der Waals surface area contributed by atoms with Gasteiger partial charge in [0.15, 0.2) is 11.6 Å². The van der Waals surface area contributed by atoms with Crippen LogP contribution in [-0.4, -0.2) is 41.0 Å². The molecule has 7 heteroatoms. The van der Waals surface area contributed by atoms with Gasteiger partial charge >= 0.3 is 0 Å². The second kappa shape index (κ2) is 8.86. The summed E-state index contributed by atoms with van der Waals surface area (Å²) in [5.41, 5.74) is -0.485. The van der Waals surface area contributed by atoms with Gasteiger partial charge in [0.2, 0.25) is 0 Å². The van der Waals surface area contributed by atoms with Crippen LogP contribution in [0.25, 0.3) is 0 Å². The van der Waals surface area contributed by atoms with Crippen LogP contribution in [0, 0.1) is 17.5 Å².